The molecule has 1 aromatic carbocycles. The van der Waals surface area contributed by atoms with Crippen molar-refractivity contribution in [3.8, 4) is 0 Å². The van der Waals surface area contributed by atoms with Gasteiger partial charge < -0.3 is 4.90 Å². The fourth-order valence-electron chi connectivity index (χ4n) is 2.55. The lowest BCUT2D eigenvalue weighted by Gasteiger charge is -2.42. The van der Waals surface area contributed by atoms with E-state index in [1.165, 1.54) is 0 Å². The Bertz CT molecular complexity index is 537. The Morgan fingerprint density at radius 2 is 2.05 bits per heavy atom. The van der Waals surface area contributed by atoms with Crippen LogP contribution < -0.4 is 0 Å². The second-order valence-corrected chi connectivity index (χ2v) is 6.61. The highest BCUT2D eigenvalue weighted by Crippen LogP contribution is 2.28. The zero-order valence-electron chi connectivity index (χ0n) is 11.5. The topological polar surface area (TPSA) is 37.4 Å². The monoisotopic (exact) mass is 323 g/mol. The number of aryl methyl sites for hydroxylation is 1. The molecule has 1 amide bonds. The summed E-state index contributed by atoms with van der Waals surface area (Å²) in [5.41, 5.74) is 1.26. The minimum absolute atomic E-state index is 0.0105. The quantitative estimate of drug-likeness (QED) is 0.794. The number of carbonyl (C=O) groups excluding carboxylic acids is 2. The molecule has 1 fully saturated rings. The van der Waals surface area contributed by atoms with Gasteiger partial charge in [-0.2, -0.15) is 0 Å². The summed E-state index contributed by atoms with van der Waals surface area (Å²) >= 11 is 3.40. The van der Waals surface area contributed by atoms with Gasteiger partial charge in [0.15, 0.2) is 0 Å². The summed E-state index contributed by atoms with van der Waals surface area (Å²) in [4.78, 5) is 26.1. The van der Waals surface area contributed by atoms with E-state index in [2.05, 4.69) is 15.9 Å². The summed E-state index contributed by atoms with van der Waals surface area (Å²) < 4.78 is 0.896. The van der Waals surface area contributed by atoms with Crippen LogP contribution in [-0.2, 0) is 4.79 Å². The standard InChI is InChI=1S/C15H18BrNO2/c1-10-4-5-11(16)8-13(10)14(19)17-7-6-12(18)9-15(17,2)3/h4-5,8H,6-7,9H2,1-3H3. The summed E-state index contributed by atoms with van der Waals surface area (Å²) in [5.74, 6) is 0.247. The highest BCUT2D eigenvalue weighted by molar-refractivity contribution is 9.10. The Labute approximate surface area is 122 Å². The minimum Gasteiger partial charge on any atom is -0.333 e. The predicted octanol–water partition coefficient (Wildman–Crippen LogP) is 3.34. The summed E-state index contributed by atoms with van der Waals surface area (Å²) in [7, 11) is 0. The second kappa shape index (κ2) is 5.08. The van der Waals surface area contributed by atoms with E-state index < -0.39 is 5.54 Å². The molecule has 0 bridgehead atoms. The molecule has 0 spiro atoms. The lowest BCUT2D eigenvalue weighted by Crippen LogP contribution is -2.53. The van der Waals surface area contributed by atoms with Crippen molar-refractivity contribution in [1.82, 2.24) is 4.90 Å². The molecule has 0 N–H and O–H groups in total. The van der Waals surface area contributed by atoms with Gasteiger partial charge in [0, 0.05) is 35.0 Å². The zero-order chi connectivity index (χ0) is 14.2. The number of amides is 1. The normalized spacial score (nSPS) is 18.5. The van der Waals surface area contributed by atoms with Crippen molar-refractivity contribution < 1.29 is 9.59 Å². The maximum absolute atomic E-state index is 12.7. The summed E-state index contributed by atoms with van der Waals surface area (Å²) in [6.45, 7) is 6.35. The number of benzene rings is 1. The first-order valence-electron chi connectivity index (χ1n) is 6.41. The Hall–Kier alpha value is -1.16. The van der Waals surface area contributed by atoms with Gasteiger partial charge in [-0.1, -0.05) is 22.0 Å². The number of hydrogen-bond donors (Lipinski definition) is 0. The van der Waals surface area contributed by atoms with E-state index in [4.69, 9.17) is 0 Å². The number of ketones is 1. The van der Waals surface area contributed by atoms with Gasteiger partial charge in [0.2, 0.25) is 0 Å². The zero-order valence-corrected chi connectivity index (χ0v) is 13.1. The Balaban J connectivity index is 2.33. The smallest absolute Gasteiger partial charge is 0.254 e. The van der Waals surface area contributed by atoms with Gasteiger partial charge in [0.1, 0.15) is 5.78 Å². The van der Waals surface area contributed by atoms with Crippen molar-refractivity contribution in [2.45, 2.75) is 39.2 Å². The number of rotatable bonds is 1. The lowest BCUT2D eigenvalue weighted by molar-refractivity contribution is -0.124. The highest BCUT2D eigenvalue weighted by atomic mass is 79.9. The molecule has 0 saturated carbocycles. The van der Waals surface area contributed by atoms with Crippen LogP contribution in [-0.4, -0.2) is 28.7 Å². The van der Waals surface area contributed by atoms with Crippen LogP contribution in [0.25, 0.3) is 0 Å². The number of likely N-dealkylation sites (tertiary alicyclic amines) is 1. The number of carbonyl (C=O) groups is 2. The number of piperidine rings is 1. The molecular weight excluding hydrogens is 306 g/mol. The van der Waals surface area contributed by atoms with E-state index in [0.29, 0.717) is 24.9 Å². The molecule has 1 saturated heterocycles. The van der Waals surface area contributed by atoms with Crippen LogP contribution >= 0.6 is 15.9 Å². The molecule has 1 aliphatic rings. The summed E-state index contributed by atoms with van der Waals surface area (Å²) in [5, 5.41) is 0. The molecule has 1 heterocycles. The van der Waals surface area contributed by atoms with Crippen molar-refractivity contribution in [2.75, 3.05) is 6.54 Å². The molecule has 102 valence electrons. The molecule has 1 aromatic rings. The molecule has 1 aliphatic heterocycles. The Morgan fingerprint density at radius 3 is 2.68 bits per heavy atom. The lowest BCUT2D eigenvalue weighted by atomic mass is 9.88. The number of hydrogen-bond acceptors (Lipinski definition) is 2. The molecule has 19 heavy (non-hydrogen) atoms. The summed E-state index contributed by atoms with van der Waals surface area (Å²) in [6, 6.07) is 5.71. The van der Waals surface area contributed by atoms with Gasteiger partial charge >= 0.3 is 0 Å². The molecule has 0 unspecified atom stereocenters. The van der Waals surface area contributed by atoms with Crippen LogP contribution in [0.1, 0.15) is 42.6 Å². The average molecular weight is 324 g/mol. The van der Waals surface area contributed by atoms with Crippen LogP contribution in [0.4, 0.5) is 0 Å². The van der Waals surface area contributed by atoms with Gasteiger partial charge in [-0.05, 0) is 38.5 Å². The highest BCUT2D eigenvalue weighted by Gasteiger charge is 2.37. The van der Waals surface area contributed by atoms with Crippen LogP contribution in [0.3, 0.4) is 0 Å². The van der Waals surface area contributed by atoms with Gasteiger partial charge in [-0.15, -0.1) is 0 Å². The maximum atomic E-state index is 12.7. The van der Waals surface area contributed by atoms with Crippen LogP contribution in [0, 0.1) is 6.92 Å². The molecular formula is C15H18BrNO2. The van der Waals surface area contributed by atoms with E-state index >= 15 is 0 Å². The number of halogens is 1. The molecule has 0 radical (unpaired) electrons. The first-order chi connectivity index (χ1) is 8.81. The van der Waals surface area contributed by atoms with Crippen molar-refractivity contribution in [2.24, 2.45) is 0 Å². The number of Topliss-reactive ketones (excluding diaryl/α,β-unsaturated/α-hetero) is 1. The molecule has 2 rings (SSSR count). The van der Waals surface area contributed by atoms with E-state index in [-0.39, 0.29) is 11.7 Å². The fourth-order valence-corrected chi connectivity index (χ4v) is 2.91. The van der Waals surface area contributed by atoms with Gasteiger partial charge in [-0.25, -0.2) is 0 Å². The first-order valence-corrected chi connectivity index (χ1v) is 7.20. The van der Waals surface area contributed by atoms with E-state index in [0.717, 1.165) is 10.0 Å². The molecule has 0 atom stereocenters. The minimum atomic E-state index is -0.402. The van der Waals surface area contributed by atoms with Gasteiger partial charge in [0.05, 0.1) is 0 Å². The van der Waals surface area contributed by atoms with E-state index in [1.54, 1.807) is 0 Å². The van der Waals surface area contributed by atoms with Crippen LogP contribution in [0.5, 0.6) is 0 Å². The molecule has 0 aliphatic carbocycles. The van der Waals surface area contributed by atoms with Crippen LogP contribution in [0.2, 0.25) is 0 Å². The molecule has 0 aromatic heterocycles. The van der Waals surface area contributed by atoms with Gasteiger partial charge in [-0.3, -0.25) is 9.59 Å². The third-order valence-electron chi connectivity index (χ3n) is 3.65. The van der Waals surface area contributed by atoms with Gasteiger partial charge in [0.25, 0.3) is 5.91 Å². The summed E-state index contributed by atoms with van der Waals surface area (Å²) in [6.07, 6.45) is 0.897. The molecule has 3 nitrogen and oxygen atoms in total. The first kappa shape index (κ1) is 14.3. The van der Waals surface area contributed by atoms with Crippen LogP contribution in [0.15, 0.2) is 22.7 Å². The molecule has 4 heteroatoms. The predicted molar refractivity (Wildman–Crippen MR) is 78.2 cm³/mol. The average Bonchev–Trinajstić information content (AvgIpc) is 2.30. The maximum Gasteiger partial charge on any atom is 0.254 e. The van der Waals surface area contributed by atoms with Crippen molar-refractivity contribution in [3.63, 3.8) is 0 Å². The SMILES string of the molecule is Cc1ccc(Br)cc1C(=O)N1CCC(=O)CC1(C)C. The van der Waals surface area contributed by atoms with E-state index in [9.17, 15) is 9.59 Å². The van der Waals surface area contributed by atoms with E-state index in [1.807, 2.05) is 43.9 Å². The van der Waals surface area contributed by atoms with Crippen molar-refractivity contribution >= 4 is 27.6 Å². The van der Waals surface area contributed by atoms with Crippen molar-refractivity contribution in [3.05, 3.63) is 33.8 Å². The second-order valence-electron chi connectivity index (χ2n) is 5.69. The van der Waals surface area contributed by atoms with Crippen molar-refractivity contribution in [1.29, 1.82) is 0 Å². The Kier molecular flexibility index (Phi) is 3.81. The fraction of sp³-hybridized carbons (Fsp3) is 0.467. The largest absolute Gasteiger partial charge is 0.333 e. The number of nitrogens with zero attached hydrogens (tertiary/aromatic N) is 1. The third-order valence-corrected chi connectivity index (χ3v) is 4.14. The third kappa shape index (κ3) is 2.89. The Morgan fingerprint density at radius 1 is 1.37 bits per heavy atom.